The summed E-state index contributed by atoms with van der Waals surface area (Å²) in [7, 11) is 0. The Balaban J connectivity index is 1.84. The fourth-order valence-corrected chi connectivity index (χ4v) is 2.23. The molecule has 2 aromatic rings. The van der Waals surface area contributed by atoms with Gasteiger partial charge in [-0.3, -0.25) is 14.4 Å². The number of carbonyl (C=O) groups excluding carboxylic acids is 3. The van der Waals surface area contributed by atoms with Crippen molar-refractivity contribution in [3.8, 4) is 6.07 Å². The normalized spacial score (nSPS) is 11.1. The molecule has 6 nitrogen and oxygen atoms in total. The molecule has 0 aliphatic heterocycles. The molecule has 0 aromatic heterocycles. The third-order valence-electron chi connectivity index (χ3n) is 3.71. The molecular weight excluding hydrogens is 351 g/mol. The number of ketones is 1. The molecule has 0 bridgehead atoms. The Bertz CT molecular complexity index is 888. The second-order valence-electron chi connectivity index (χ2n) is 5.71. The maximum absolute atomic E-state index is 12.8. The highest BCUT2D eigenvalue weighted by atomic mass is 19.1. The standard InChI is InChI=1S/C20H17FN2O4/c1-13(20(26)23-17-5-3-2-4-15(17)12-22)27-19(25)11-10-18(24)14-6-8-16(21)9-7-14/h2-9,13H,10-11H2,1H3,(H,23,26)/t13-/m0/s1. The van der Waals surface area contributed by atoms with E-state index in [1.807, 2.05) is 6.07 Å². The number of nitriles is 1. The Morgan fingerprint density at radius 2 is 1.78 bits per heavy atom. The zero-order valence-corrected chi connectivity index (χ0v) is 14.6. The van der Waals surface area contributed by atoms with Crippen molar-refractivity contribution >= 4 is 23.3 Å². The van der Waals surface area contributed by atoms with Crippen molar-refractivity contribution in [1.82, 2.24) is 0 Å². The van der Waals surface area contributed by atoms with Gasteiger partial charge in [0.25, 0.3) is 5.91 Å². The highest BCUT2D eigenvalue weighted by molar-refractivity contribution is 5.98. The molecule has 2 rings (SSSR count). The van der Waals surface area contributed by atoms with Gasteiger partial charge in [-0.1, -0.05) is 12.1 Å². The summed E-state index contributed by atoms with van der Waals surface area (Å²) in [6.45, 7) is 1.39. The molecule has 7 heteroatoms. The van der Waals surface area contributed by atoms with Crippen molar-refractivity contribution in [3.63, 3.8) is 0 Å². The molecule has 0 aliphatic carbocycles. The van der Waals surface area contributed by atoms with Gasteiger partial charge in [0.05, 0.1) is 17.7 Å². The van der Waals surface area contributed by atoms with E-state index in [1.165, 1.54) is 19.1 Å². The first-order chi connectivity index (χ1) is 12.9. The Morgan fingerprint density at radius 1 is 1.11 bits per heavy atom. The summed E-state index contributed by atoms with van der Waals surface area (Å²) in [4.78, 5) is 35.9. The van der Waals surface area contributed by atoms with Crippen LogP contribution in [0.5, 0.6) is 0 Å². The highest BCUT2D eigenvalue weighted by Crippen LogP contribution is 2.14. The van der Waals surface area contributed by atoms with Gasteiger partial charge in [0, 0.05) is 12.0 Å². The number of Topliss-reactive ketones (excluding diaryl/α,β-unsaturated/α-hetero) is 1. The summed E-state index contributed by atoms with van der Waals surface area (Å²) in [6.07, 6.45) is -1.41. The van der Waals surface area contributed by atoms with Gasteiger partial charge in [-0.05, 0) is 43.3 Å². The van der Waals surface area contributed by atoms with E-state index in [-0.39, 0.29) is 24.2 Å². The van der Waals surface area contributed by atoms with Crippen LogP contribution < -0.4 is 5.32 Å². The summed E-state index contributed by atoms with van der Waals surface area (Å²) in [5.41, 5.74) is 0.900. The summed E-state index contributed by atoms with van der Waals surface area (Å²) >= 11 is 0. The highest BCUT2D eigenvalue weighted by Gasteiger charge is 2.19. The zero-order chi connectivity index (χ0) is 19.8. The van der Waals surface area contributed by atoms with Crippen LogP contribution in [0.1, 0.15) is 35.7 Å². The zero-order valence-electron chi connectivity index (χ0n) is 14.6. The van der Waals surface area contributed by atoms with Gasteiger partial charge in [-0.15, -0.1) is 0 Å². The SMILES string of the molecule is C[C@H](OC(=O)CCC(=O)c1ccc(F)cc1)C(=O)Nc1ccccc1C#N. The molecule has 0 heterocycles. The minimum atomic E-state index is -1.09. The lowest BCUT2D eigenvalue weighted by atomic mass is 10.1. The molecule has 0 fully saturated rings. The summed E-state index contributed by atoms with van der Waals surface area (Å²) in [6, 6.07) is 13.4. The molecule has 138 valence electrons. The number of rotatable bonds is 7. The lowest BCUT2D eigenvalue weighted by Crippen LogP contribution is -2.30. The molecule has 0 saturated carbocycles. The second kappa shape index (κ2) is 9.25. The van der Waals surface area contributed by atoms with Crippen LogP contribution in [-0.4, -0.2) is 23.8 Å². The van der Waals surface area contributed by atoms with E-state index in [4.69, 9.17) is 10.00 Å². The fraction of sp³-hybridized carbons (Fsp3) is 0.200. The fourth-order valence-electron chi connectivity index (χ4n) is 2.23. The largest absolute Gasteiger partial charge is 0.453 e. The van der Waals surface area contributed by atoms with E-state index < -0.39 is 23.8 Å². The number of hydrogen-bond donors (Lipinski definition) is 1. The minimum absolute atomic E-state index is 0.115. The van der Waals surface area contributed by atoms with Crippen LogP contribution in [0.25, 0.3) is 0 Å². The number of anilines is 1. The molecule has 1 N–H and O–H groups in total. The number of amides is 1. The minimum Gasteiger partial charge on any atom is -0.453 e. The van der Waals surface area contributed by atoms with E-state index in [1.54, 1.807) is 24.3 Å². The maximum atomic E-state index is 12.8. The molecule has 0 unspecified atom stereocenters. The van der Waals surface area contributed by atoms with Crippen molar-refractivity contribution in [2.24, 2.45) is 0 Å². The first-order valence-electron chi connectivity index (χ1n) is 8.19. The summed E-state index contributed by atoms with van der Waals surface area (Å²) < 4.78 is 17.9. The van der Waals surface area contributed by atoms with Gasteiger partial charge in [-0.25, -0.2) is 4.39 Å². The summed E-state index contributed by atoms with van der Waals surface area (Å²) in [5.74, 6) is -2.08. The molecule has 0 aliphatic rings. The number of para-hydroxylation sites is 1. The second-order valence-corrected chi connectivity index (χ2v) is 5.71. The van der Waals surface area contributed by atoms with Crippen LogP contribution in [0.3, 0.4) is 0 Å². The monoisotopic (exact) mass is 368 g/mol. The Labute approximate surface area is 155 Å². The van der Waals surface area contributed by atoms with Gasteiger partial charge in [0.15, 0.2) is 11.9 Å². The van der Waals surface area contributed by atoms with Crippen molar-refractivity contribution in [3.05, 3.63) is 65.5 Å². The Kier molecular flexibility index (Phi) is 6.78. The van der Waals surface area contributed by atoms with Gasteiger partial charge < -0.3 is 10.1 Å². The number of carbonyl (C=O) groups is 3. The van der Waals surface area contributed by atoms with E-state index in [0.717, 1.165) is 12.1 Å². The molecule has 0 spiro atoms. The topological polar surface area (TPSA) is 96.3 Å². The van der Waals surface area contributed by atoms with Crippen molar-refractivity contribution in [2.45, 2.75) is 25.9 Å². The number of nitrogens with zero attached hydrogens (tertiary/aromatic N) is 1. The lowest BCUT2D eigenvalue weighted by molar-refractivity contribution is -0.153. The maximum Gasteiger partial charge on any atom is 0.307 e. The van der Waals surface area contributed by atoms with Crippen molar-refractivity contribution < 1.29 is 23.5 Å². The quantitative estimate of drug-likeness (QED) is 0.598. The predicted octanol–water partition coefficient (Wildman–Crippen LogP) is 3.23. The van der Waals surface area contributed by atoms with E-state index in [9.17, 15) is 18.8 Å². The van der Waals surface area contributed by atoms with E-state index in [0.29, 0.717) is 11.3 Å². The van der Waals surface area contributed by atoms with Crippen LogP contribution >= 0.6 is 0 Å². The molecular formula is C20H17FN2O4. The average Bonchev–Trinajstić information content (AvgIpc) is 2.67. The van der Waals surface area contributed by atoms with Gasteiger partial charge in [0.2, 0.25) is 0 Å². The van der Waals surface area contributed by atoms with Gasteiger partial charge in [-0.2, -0.15) is 5.26 Å². The predicted molar refractivity (Wildman–Crippen MR) is 95.3 cm³/mol. The van der Waals surface area contributed by atoms with Crippen molar-refractivity contribution in [1.29, 1.82) is 5.26 Å². The van der Waals surface area contributed by atoms with Crippen LogP contribution in [-0.2, 0) is 14.3 Å². The number of benzene rings is 2. The van der Waals surface area contributed by atoms with Gasteiger partial charge >= 0.3 is 5.97 Å². The average molecular weight is 368 g/mol. The number of halogens is 1. The Morgan fingerprint density at radius 3 is 2.44 bits per heavy atom. The third-order valence-corrected chi connectivity index (χ3v) is 3.71. The number of nitrogens with one attached hydrogen (secondary N) is 1. The van der Waals surface area contributed by atoms with Crippen LogP contribution in [0.4, 0.5) is 10.1 Å². The molecule has 2 aromatic carbocycles. The van der Waals surface area contributed by atoms with Gasteiger partial charge in [0.1, 0.15) is 11.9 Å². The van der Waals surface area contributed by atoms with Crippen LogP contribution in [0.2, 0.25) is 0 Å². The lowest BCUT2D eigenvalue weighted by Gasteiger charge is -2.14. The first-order valence-corrected chi connectivity index (χ1v) is 8.19. The first kappa shape index (κ1) is 19.8. The van der Waals surface area contributed by atoms with Crippen molar-refractivity contribution in [2.75, 3.05) is 5.32 Å². The molecule has 0 saturated heterocycles. The smallest absolute Gasteiger partial charge is 0.307 e. The Hall–Kier alpha value is -3.53. The molecule has 0 radical (unpaired) electrons. The molecule has 1 atom stereocenters. The number of esters is 1. The summed E-state index contributed by atoms with van der Waals surface area (Å²) in [5, 5.41) is 11.5. The molecule has 1 amide bonds. The number of ether oxygens (including phenoxy) is 1. The third kappa shape index (κ3) is 5.75. The number of hydrogen-bond acceptors (Lipinski definition) is 5. The van der Waals surface area contributed by atoms with E-state index in [2.05, 4.69) is 5.32 Å². The molecule has 27 heavy (non-hydrogen) atoms. The van der Waals surface area contributed by atoms with Crippen LogP contribution in [0, 0.1) is 17.1 Å². The van der Waals surface area contributed by atoms with Crippen LogP contribution in [0.15, 0.2) is 48.5 Å². The van der Waals surface area contributed by atoms with E-state index >= 15 is 0 Å².